The van der Waals surface area contributed by atoms with Gasteiger partial charge in [0.1, 0.15) is 5.41 Å². The summed E-state index contributed by atoms with van der Waals surface area (Å²) < 4.78 is 11.4. The number of benzene rings is 3. The molecule has 3 aliphatic rings. The largest absolute Gasteiger partial charge is 0.454 e. The van der Waals surface area contributed by atoms with E-state index in [1.165, 1.54) is 0 Å². The SMILES string of the molecule is O=C1C[C@@H](c2cccc(Cl)c2)[C@]2(C(=O)Nc3cc(Cl)ccc32)[C@@H](c2cccc3c2OCO3)N1. The van der Waals surface area contributed by atoms with E-state index in [0.29, 0.717) is 32.8 Å². The van der Waals surface area contributed by atoms with Crippen molar-refractivity contribution in [3.8, 4) is 11.5 Å². The number of para-hydroxylation sites is 1. The Morgan fingerprint density at radius 3 is 2.61 bits per heavy atom. The number of halogens is 2. The number of rotatable bonds is 2. The molecule has 1 spiro atoms. The maximum absolute atomic E-state index is 14.0. The van der Waals surface area contributed by atoms with Crippen molar-refractivity contribution in [2.24, 2.45) is 0 Å². The number of amides is 2. The lowest BCUT2D eigenvalue weighted by Gasteiger charge is -2.46. The Labute approximate surface area is 199 Å². The summed E-state index contributed by atoms with van der Waals surface area (Å²) >= 11 is 12.6. The Morgan fingerprint density at radius 1 is 0.939 bits per heavy atom. The van der Waals surface area contributed by atoms with Crippen LogP contribution in [0, 0.1) is 0 Å². The third-order valence-corrected chi connectivity index (χ3v) is 7.21. The predicted octanol–water partition coefficient (Wildman–Crippen LogP) is 4.96. The summed E-state index contributed by atoms with van der Waals surface area (Å²) in [5.41, 5.74) is 1.74. The molecular weight excluding hydrogens is 463 g/mol. The maximum Gasteiger partial charge on any atom is 0.238 e. The molecule has 3 aliphatic heterocycles. The van der Waals surface area contributed by atoms with E-state index in [-0.39, 0.29) is 25.0 Å². The first kappa shape index (κ1) is 20.4. The summed E-state index contributed by atoms with van der Waals surface area (Å²) in [6.07, 6.45) is 0.124. The van der Waals surface area contributed by atoms with E-state index >= 15 is 0 Å². The fourth-order valence-electron chi connectivity index (χ4n) is 5.45. The van der Waals surface area contributed by atoms with Gasteiger partial charge in [-0.3, -0.25) is 9.59 Å². The van der Waals surface area contributed by atoms with Gasteiger partial charge in [0.25, 0.3) is 0 Å². The van der Waals surface area contributed by atoms with E-state index in [9.17, 15) is 9.59 Å². The van der Waals surface area contributed by atoms with E-state index in [4.69, 9.17) is 32.7 Å². The molecule has 3 atom stereocenters. The van der Waals surface area contributed by atoms with Gasteiger partial charge in [-0.25, -0.2) is 0 Å². The van der Waals surface area contributed by atoms with Crippen molar-refractivity contribution in [3.63, 3.8) is 0 Å². The van der Waals surface area contributed by atoms with Crippen LogP contribution in [0.25, 0.3) is 0 Å². The molecule has 6 nitrogen and oxygen atoms in total. The van der Waals surface area contributed by atoms with E-state index in [1.807, 2.05) is 36.4 Å². The molecule has 2 N–H and O–H groups in total. The zero-order valence-electron chi connectivity index (χ0n) is 17.2. The van der Waals surface area contributed by atoms with Crippen molar-refractivity contribution in [1.29, 1.82) is 0 Å². The zero-order chi connectivity index (χ0) is 22.7. The van der Waals surface area contributed by atoms with Crippen molar-refractivity contribution in [3.05, 3.63) is 87.4 Å². The lowest BCUT2D eigenvalue weighted by molar-refractivity contribution is -0.131. The average Bonchev–Trinajstić information content (AvgIpc) is 3.38. The molecule has 3 heterocycles. The van der Waals surface area contributed by atoms with E-state index < -0.39 is 17.4 Å². The summed E-state index contributed by atoms with van der Waals surface area (Å²) in [5, 5.41) is 7.16. The Balaban J connectivity index is 1.65. The van der Waals surface area contributed by atoms with Gasteiger partial charge in [-0.15, -0.1) is 0 Å². The van der Waals surface area contributed by atoms with Crippen molar-refractivity contribution in [2.45, 2.75) is 23.8 Å². The molecular formula is C25H18Cl2N2O4. The lowest BCUT2D eigenvalue weighted by Crippen LogP contribution is -2.56. The number of anilines is 1. The number of carbonyl (C=O) groups excluding carboxylic acids is 2. The number of carbonyl (C=O) groups is 2. The monoisotopic (exact) mass is 480 g/mol. The second kappa shape index (κ2) is 7.40. The van der Waals surface area contributed by atoms with Crippen molar-refractivity contribution in [2.75, 3.05) is 12.1 Å². The highest BCUT2D eigenvalue weighted by Crippen LogP contribution is 2.59. The summed E-state index contributed by atoms with van der Waals surface area (Å²) in [5.74, 6) is 0.254. The van der Waals surface area contributed by atoms with Crippen LogP contribution in [0.15, 0.2) is 60.7 Å². The van der Waals surface area contributed by atoms with Gasteiger partial charge in [0.05, 0.1) is 6.04 Å². The van der Waals surface area contributed by atoms with Gasteiger partial charge in [0.15, 0.2) is 11.5 Å². The van der Waals surface area contributed by atoms with E-state index in [1.54, 1.807) is 24.3 Å². The topological polar surface area (TPSA) is 76.7 Å². The Morgan fingerprint density at radius 2 is 1.76 bits per heavy atom. The van der Waals surface area contributed by atoms with Crippen LogP contribution in [0.2, 0.25) is 10.0 Å². The van der Waals surface area contributed by atoms with Gasteiger partial charge >= 0.3 is 0 Å². The highest BCUT2D eigenvalue weighted by molar-refractivity contribution is 6.31. The lowest BCUT2D eigenvalue weighted by atomic mass is 9.59. The van der Waals surface area contributed by atoms with Crippen molar-refractivity contribution < 1.29 is 19.1 Å². The molecule has 1 saturated heterocycles. The molecule has 0 saturated carbocycles. The van der Waals surface area contributed by atoms with Crippen LogP contribution in [0.1, 0.15) is 35.1 Å². The van der Waals surface area contributed by atoms with Crippen LogP contribution in [0.3, 0.4) is 0 Å². The molecule has 1 fully saturated rings. The first-order valence-electron chi connectivity index (χ1n) is 10.5. The predicted molar refractivity (Wildman–Crippen MR) is 124 cm³/mol. The Kier molecular flexibility index (Phi) is 4.57. The zero-order valence-corrected chi connectivity index (χ0v) is 18.7. The average molecular weight is 481 g/mol. The molecule has 166 valence electrons. The molecule has 2 amide bonds. The van der Waals surface area contributed by atoms with Gasteiger partial charge in [0, 0.05) is 33.6 Å². The van der Waals surface area contributed by atoms with E-state index in [0.717, 1.165) is 11.1 Å². The number of ether oxygens (including phenoxy) is 2. The first-order valence-corrected chi connectivity index (χ1v) is 11.3. The van der Waals surface area contributed by atoms with Gasteiger partial charge in [-0.1, -0.05) is 53.5 Å². The van der Waals surface area contributed by atoms with Crippen LogP contribution < -0.4 is 20.1 Å². The van der Waals surface area contributed by atoms with Gasteiger partial charge in [-0.05, 0) is 41.5 Å². The highest BCUT2D eigenvalue weighted by atomic mass is 35.5. The summed E-state index contributed by atoms with van der Waals surface area (Å²) in [6, 6.07) is 17.5. The highest BCUT2D eigenvalue weighted by Gasteiger charge is 2.61. The van der Waals surface area contributed by atoms with Gasteiger partial charge in [-0.2, -0.15) is 0 Å². The second-order valence-corrected chi connectivity index (χ2v) is 9.28. The Bertz CT molecular complexity index is 1330. The van der Waals surface area contributed by atoms with Crippen LogP contribution in [0.4, 0.5) is 5.69 Å². The molecule has 0 aliphatic carbocycles. The molecule has 0 unspecified atom stereocenters. The van der Waals surface area contributed by atoms with Gasteiger partial charge in [0.2, 0.25) is 18.6 Å². The molecule has 0 radical (unpaired) electrons. The summed E-state index contributed by atoms with van der Waals surface area (Å²) in [6.45, 7) is 0.0795. The minimum absolute atomic E-state index is 0.0795. The number of piperidine rings is 1. The molecule has 8 heteroatoms. The fourth-order valence-corrected chi connectivity index (χ4v) is 5.82. The number of hydrogen-bond acceptors (Lipinski definition) is 4. The summed E-state index contributed by atoms with van der Waals surface area (Å²) in [4.78, 5) is 27.0. The molecule has 33 heavy (non-hydrogen) atoms. The van der Waals surface area contributed by atoms with Crippen molar-refractivity contribution >= 4 is 40.7 Å². The number of nitrogens with one attached hydrogen (secondary N) is 2. The third-order valence-electron chi connectivity index (χ3n) is 6.74. The second-order valence-electron chi connectivity index (χ2n) is 8.41. The quantitative estimate of drug-likeness (QED) is 0.543. The standard InChI is InChI=1S/C25H18Cl2N2O4/c26-14-4-1-3-13(9-14)18-11-21(30)29-23(16-5-2-6-20-22(16)33-12-32-20)25(18)17-8-7-15(27)10-19(17)28-24(25)31/h1-10,18,23H,11-12H2,(H,28,31)(H,29,30)/t18-,23+,25-/m0/s1. The molecule has 0 bridgehead atoms. The molecule has 3 aromatic rings. The Hall–Kier alpha value is -3.22. The molecule has 6 rings (SSSR count). The molecule has 3 aromatic carbocycles. The first-order chi connectivity index (χ1) is 16.0. The van der Waals surface area contributed by atoms with Gasteiger partial charge < -0.3 is 20.1 Å². The van der Waals surface area contributed by atoms with Crippen LogP contribution >= 0.6 is 23.2 Å². The maximum atomic E-state index is 14.0. The number of hydrogen-bond donors (Lipinski definition) is 2. The third kappa shape index (κ3) is 2.94. The van der Waals surface area contributed by atoms with Crippen LogP contribution in [0.5, 0.6) is 11.5 Å². The summed E-state index contributed by atoms with van der Waals surface area (Å²) in [7, 11) is 0. The van der Waals surface area contributed by atoms with E-state index in [2.05, 4.69) is 10.6 Å². The minimum atomic E-state index is -1.15. The van der Waals surface area contributed by atoms with Crippen LogP contribution in [-0.4, -0.2) is 18.6 Å². The number of fused-ring (bicyclic) bond motifs is 3. The minimum Gasteiger partial charge on any atom is -0.454 e. The molecule has 0 aromatic heterocycles. The fraction of sp³-hybridized carbons (Fsp3) is 0.200. The smallest absolute Gasteiger partial charge is 0.238 e. The van der Waals surface area contributed by atoms with Crippen molar-refractivity contribution in [1.82, 2.24) is 5.32 Å². The normalized spacial score (nSPS) is 25.0. The van der Waals surface area contributed by atoms with Crippen LogP contribution in [-0.2, 0) is 15.0 Å².